The van der Waals surface area contributed by atoms with Crippen LogP contribution in [-0.4, -0.2) is 47.0 Å². The lowest BCUT2D eigenvalue weighted by atomic mass is 10.3. The van der Waals surface area contributed by atoms with E-state index in [2.05, 4.69) is 21.9 Å². The van der Waals surface area contributed by atoms with E-state index in [9.17, 15) is 9.59 Å². The van der Waals surface area contributed by atoms with Crippen molar-refractivity contribution < 1.29 is 14.7 Å². The van der Waals surface area contributed by atoms with E-state index in [4.69, 9.17) is 11.5 Å². The molecule has 2 amide bonds. The molecule has 0 unspecified atom stereocenters. The average Bonchev–Trinajstić information content (AvgIpc) is 2.72. The third-order valence-electron chi connectivity index (χ3n) is 2.25. The van der Waals surface area contributed by atoms with Gasteiger partial charge in [0, 0.05) is 13.6 Å². The summed E-state index contributed by atoms with van der Waals surface area (Å²) >= 11 is 4.87. The Morgan fingerprint density at radius 1 is 1.58 bits per heavy atom. The zero-order valence-corrected chi connectivity index (χ0v) is 12.7. The van der Waals surface area contributed by atoms with Gasteiger partial charge in [0.25, 0.3) is 0 Å². The van der Waals surface area contributed by atoms with Gasteiger partial charge in [-0.2, -0.15) is 0 Å². The molecule has 0 aliphatic heterocycles. The van der Waals surface area contributed by atoms with Crippen LogP contribution in [0.25, 0.3) is 0 Å². The van der Waals surface area contributed by atoms with E-state index in [-0.39, 0.29) is 6.54 Å². The number of amides is 2. The number of carbonyl (C=O) groups excluding carboxylic acids is 1. The van der Waals surface area contributed by atoms with Crippen LogP contribution in [0.5, 0.6) is 0 Å². The van der Waals surface area contributed by atoms with E-state index < -0.39 is 18.5 Å². The molecule has 102 valence electrons. The van der Waals surface area contributed by atoms with Crippen LogP contribution < -0.4 is 0 Å². The molecule has 1 N–H and O–H groups in total. The highest BCUT2D eigenvalue weighted by Gasteiger charge is 2.19. The largest absolute Gasteiger partial charge is 0.480 e. The van der Waals surface area contributed by atoms with Crippen molar-refractivity contribution in [3.63, 3.8) is 0 Å². The summed E-state index contributed by atoms with van der Waals surface area (Å²) in [5.74, 6) is 1.20. The van der Waals surface area contributed by atoms with Gasteiger partial charge in [0.1, 0.15) is 6.54 Å². The van der Waals surface area contributed by atoms with Crippen molar-refractivity contribution in [3.8, 4) is 12.3 Å². The number of terminal acetylenes is 1. The number of carboxylic acid groups (broad SMARTS) is 1. The fourth-order valence-electron chi connectivity index (χ4n) is 1.48. The number of thiophene rings is 1. The number of hydrogen-bond donors (Lipinski definition) is 1. The number of urea groups is 1. The van der Waals surface area contributed by atoms with Crippen LogP contribution in [0.2, 0.25) is 0 Å². The van der Waals surface area contributed by atoms with Gasteiger partial charge in [-0.25, -0.2) is 4.79 Å². The zero-order chi connectivity index (χ0) is 14.4. The number of aliphatic carboxylic acids is 1. The highest BCUT2D eigenvalue weighted by atomic mass is 79.9. The number of nitrogens with zero attached hydrogens (tertiary/aromatic N) is 2. The van der Waals surface area contributed by atoms with Crippen LogP contribution in [0.4, 0.5) is 4.79 Å². The molecule has 0 fully saturated rings. The van der Waals surface area contributed by atoms with Gasteiger partial charge in [-0.3, -0.25) is 4.79 Å². The third-order valence-corrected chi connectivity index (χ3v) is 3.80. The van der Waals surface area contributed by atoms with Gasteiger partial charge in [-0.05, 0) is 32.9 Å². The number of halogens is 1. The smallest absolute Gasteiger partial charge is 0.323 e. The predicted molar refractivity (Wildman–Crippen MR) is 76.9 cm³/mol. The Labute approximate surface area is 123 Å². The molecule has 0 spiro atoms. The molecule has 0 atom stereocenters. The molecular formula is C12H13BrN2O3S. The Bertz CT molecular complexity index is 509. The fourth-order valence-corrected chi connectivity index (χ4v) is 2.68. The molecule has 1 aromatic heterocycles. The van der Waals surface area contributed by atoms with Crippen LogP contribution in [0.1, 0.15) is 5.56 Å². The second-order valence-corrected chi connectivity index (χ2v) is 6.14. The molecule has 7 heteroatoms. The summed E-state index contributed by atoms with van der Waals surface area (Å²) in [6.45, 7) is -0.0227. The van der Waals surface area contributed by atoms with Crippen molar-refractivity contribution in [3.05, 3.63) is 20.8 Å². The maximum absolute atomic E-state index is 12.1. The lowest BCUT2D eigenvalue weighted by Crippen LogP contribution is -2.43. The Balaban J connectivity index is 2.67. The molecule has 0 radical (unpaired) electrons. The molecule has 1 aromatic rings. The molecule has 0 saturated heterocycles. The van der Waals surface area contributed by atoms with Gasteiger partial charge < -0.3 is 14.9 Å². The highest BCUT2D eigenvalue weighted by molar-refractivity contribution is 9.11. The van der Waals surface area contributed by atoms with Gasteiger partial charge in [0.05, 0.1) is 10.3 Å². The van der Waals surface area contributed by atoms with Crippen LogP contribution in [0.3, 0.4) is 0 Å². The van der Waals surface area contributed by atoms with Crippen molar-refractivity contribution in [2.75, 3.05) is 20.1 Å². The second kappa shape index (κ2) is 7.16. The van der Waals surface area contributed by atoms with Crippen molar-refractivity contribution in [1.29, 1.82) is 0 Å². The summed E-state index contributed by atoms with van der Waals surface area (Å²) in [5.41, 5.74) is 0.976. The van der Waals surface area contributed by atoms with Crippen LogP contribution in [0, 0.1) is 12.3 Å². The van der Waals surface area contributed by atoms with E-state index >= 15 is 0 Å². The molecule has 5 nitrogen and oxygen atoms in total. The minimum absolute atomic E-state index is 0.0250. The summed E-state index contributed by atoms with van der Waals surface area (Å²) in [6, 6.07) is 1.51. The Morgan fingerprint density at radius 2 is 2.26 bits per heavy atom. The molecule has 0 aliphatic carbocycles. The first kappa shape index (κ1) is 15.5. The van der Waals surface area contributed by atoms with Crippen molar-refractivity contribution >= 4 is 39.3 Å². The molecule has 0 bridgehead atoms. The van der Waals surface area contributed by atoms with E-state index in [1.807, 2.05) is 11.4 Å². The van der Waals surface area contributed by atoms with Gasteiger partial charge in [-0.15, -0.1) is 17.8 Å². The van der Waals surface area contributed by atoms with E-state index in [0.29, 0.717) is 6.54 Å². The monoisotopic (exact) mass is 344 g/mol. The zero-order valence-electron chi connectivity index (χ0n) is 10.3. The summed E-state index contributed by atoms with van der Waals surface area (Å²) in [6.07, 6.45) is 5.14. The second-order valence-electron chi connectivity index (χ2n) is 3.85. The standard InChI is InChI=1S/C12H13BrN2O3S/c1-3-4-15(7-11(16)17)12(18)14(2)6-9-5-10(13)19-8-9/h1,5,8H,4,6-7H2,2H3,(H,16,17). The SMILES string of the molecule is C#CCN(CC(=O)O)C(=O)N(C)Cc1csc(Br)c1. The number of hydrogen-bond acceptors (Lipinski definition) is 3. The lowest BCUT2D eigenvalue weighted by Gasteiger charge is -2.25. The van der Waals surface area contributed by atoms with Crippen molar-refractivity contribution in [2.45, 2.75) is 6.54 Å². The first-order valence-electron chi connectivity index (χ1n) is 5.32. The van der Waals surface area contributed by atoms with Crippen LogP contribution in [0.15, 0.2) is 15.2 Å². The maximum Gasteiger partial charge on any atom is 0.323 e. The maximum atomic E-state index is 12.1. The number of carboxylic acids is 1. The van der Waals surface area contributed by atoms with Gasteiger partial charge >= 0.3 is 12.0 Å². The molecule has 0 aliphatic rings. The minimum atomic E-state index is -1.09. The predicted octanol–water partition coefficient (Wildman–Crippen LogP) is 2.08. The Kier molecular flexibility index (Phi) is 5.86. The molecule has 0 aromatic carbocycles. The van der Waals surface area contributed by atoms with Crippen molar-refractivity contribution in [1.82, 2.24) is 9.80 Å². The van der Waals surface area contributed by atoms with Crippen LogP contribution in [-0.2, 0) is 11.3 Å². The molecule has 19 heavy (non-hydrogen) atoms. The topological polar surface area (TPSA) is 60.9 Å². The van der Waals surface area contributed by atoms with Gasteiger partial charge in [0.15, 0.2) is 0 Å². The highest BCUT2D eigenvalue weighted by Crippen LogP contribution is 2.21. The molecule has 1 heterocycles. The molecule has 1 rings (SSSR count). The first-order chi connectivity index (χ1) is 8.93. The minimum Gasteiger partial charge on any atom is -0.480 e. The summed E-state index contributed by atoms with van der Waals surface area (Å²) in [5, 5.41) is 10.7. The van der Waals surface area contributed by atoms with E-state index in [1.165, 1.54) is 16.2 Å². The molecule has 0 saturated carbocycles. The van der Waals surface area contributed by atoms with Gasteiger partial charge in [0.2, 0.25) is 0 Å². The summed E-state index contributed by atoms with van der Waals surface area (Å²) in [7, 11) is 1.61. The quantitative estimate of drug-likeness (QED) is 0.832. The third kappa shape index (κ3) is 4.93. The van der Waals surface area contributed by atoms with E-state index in [1.54, 1.807) is 7.05 Å². The Hall–Kier alpha value is -1.52. The lowest BCUT2D eigenvalue weighted by molar-refractivity contribution is -0.137. The number of rotatable bonds is 5. The fraction of sp³-hybridized carbons (Fsp3) is 0.333. The van der Waals surface area contributed by atoms with Crippen molar-refractivity contribution in [2.24, 2.45) is 0 Å². The normalized spacial score (nSPS) is 9.74. The van der Waals surface area contributed by atoms with Gasteiger partial charge in [-0.1, -0.05) is 5.92 Å². The van der Waals surface area contributed by atoms with Crippen LogP contribution >= 0.6 is 27.3 Å². The first-order valence-corrected chi connectivity index (χ1v) is 6.99. The van der Waals surface area contributed by atoms with E-state index in [0.717, 1.165) is 14.2 Å². The molecular weight excluding hydrogens is 332 g/mol. The average molecular weight is 345 g/mol. The summed E-state index contributed by atoms with van der Waals surface area (Å²) < 4.78 is 0.981. The Morgan fingerprint density at radius 3 is 2.74 bits per heavy atom. The summed E-state index contributed by atoms with van der Waals surface area (Å²) in [4.78, 5) is 25.3. The number of carbonyl (C=O) groups is 2.